The Morgan fingerprint density at radius 2 is 1.42 bits per heavy atom. The highest BCUT2D eigenvalue weighted by Gasteiger charge is 1.98. The maximum Gasteiger partial charge on any atom is 0.00103 e. The highest BCUT2D eigenvalue weighted by Crippen LogP contribution is 2.12. The molecule has 1 heteroatoms. The van der Waals surface area contributed by atoms with Crippen LogP contribution < -0.4 is 5.32 Å². The topological polar surface area (TPSA) is 12.0 Å². The molecule has 0 aromatic heterocycles. The SMILES string of the molecule is CC(C)CCc1ccc(CCCCNC(C)C)cc1. The third kappa shape index (κ3) is 8.05. The minimum atomic E-state index is 0.611. The summed E-state index contributed by atoms with van der Waals surface area (Å²) in [6, 6.07) is 9.85. The van der Waals surface area contributed by atoms with Crippen molar-refractivity contribution in [2.75, 3.05) is 6.54 Å². The van der Waals surface area contributed by atoms with Gasteiger partial charge in [0.2, 0.25) is 0 Å². The first-order chi connectivity index (χ1) is 9.08. The molecular weight excluding hydrogens is 230 g/mol. The second-order valence-electron chi connectivity index (χ2n) is 6.31. The third-order valence-electron chi connectivity index (χ3n) is 3.48. The van der Waals surface area contributed by atoms with Crippen molar-refractivity contribution in [3.05, 3.63) is 35.4 Å². The van der Waals surface area contributed by atoms with Gasteiger partial charge in [-0.25, -0.2) is 0 Å². The van der Waals surface area contributed by atoms with E-state index in [0.29, 0.717) is 6.04 Å². The van der Waals surface area contributed by atoms with Crippen LogP contribution in [-0.4, -0.2) is 12.6 Å². The van der Waals surface area contributed by atoms with Crippen LogP contribution in [0.15, 0.2) is 24.3 Å². The Balaban J connectivity index is 2.20. The largest absolute Gasteiger partial charge is 0.315 e. The highest BCUT2D eigenvalue weighted by atomic mass is 14.9. The lowest BCUT2D eigenvalue weighted by atomic mass is 10.0. The summed E-state index contributed by atoms with van der Waals surface area (Å²) in [6.07, 6.45) is 6.28. The van der Waals surface area contributed by atoms with Crippen molar-refractivity contribution >= 4 is 0 Å². The highest BCUT2D eigenvalue weighted by molar-refractivity contribution is 5.22. The van der Waals surface area contributed by atoms with Crippen molar-refractivity contribution in [3.63, 3.8) is 0 Å². The molecule has 0 aliphatic carbocycles. The van der Waals surface area contributed by atoms with Gasteiger partial charge >= 0.3 is 0 Å². The molecule has 1 rings (SSSR count). The Bertz CT molecular complexity index is 324. The molecule has 0 radical (unpaired) electrons. The third-order valence-corrected chi connectivity index (χ3v) is 3.48. The smallest absolute Gasteiger partial charge is 0.00103 e. The van der Waals surface area contributed by atoms with Crippen LogP contribution in [0.4, 0.5) is 0 Å². The number of rotatable bonds is 9. The molecule has 0 saturated heterocycles. The molecule has 0 heterocycles. The Morgan fingerprint density at radius 3 is 1.95 bits per heavy atom. The molecule has 0 aliphatic heterocycles. The molecule has 0 bridgehead atoms. The lowest BCUT2D eigenvalue weighted by Gasteiger charge is -2.08. The number of unbranched alkanes of at least 4 members (excludes halogenated alkanes) is 1. The van der Waals surface area contributed by atoms with E-state index in [1.165, 1.54) is 43.2 Å². The molecule has 0 unspecified atom stereocenters. The molecule has 108 valence electrons. The maximum absolute atomic E-state index is 3.47. The number of hydrogen-bond acceptors (Lipinski definition) is 1. The van der Waals surface area contributed by atoms with Crippen LogP contribution in [0.25, 0.3) is 0 Å². The second kappa shape index (κ2) is 9.14. The van der Waals surface area contributed by atoms with E-state index in [0.717, 1.165) is 12.5 Å². The minimum Gasteiger partial charge on any atom is -0.315 e. The van der Waals surface area contributed by atoms with Gasteiger partial charge < -0.3 is 5.32 Å². The van der Waals surface area contributed by atoms with E-state index in [1.54, 1.807) is 0 Å². The van der Waals surface area contributed by atoms with Crippen molar-refractivity contribution in [1.29, 1.82) is 0 Å². The summed E-state index contributed by atoms with van der Waals surface area (Å²) in [7, 11) is 0. The Kier molecular flexibility index (Phi) is 7.81. The van der Waals surface area contributed by atoms with E-state index < -0.39 is 0 Å². The first kappa shape index (κ1) is 16.2. The molecule has 0 saturated carbocycles. The van der Waals surface area contributed by atoms with Crippen LogP contribution in [0.1, 0.15) is 58.1 Å². The molecule has 0 spiro atoms. The van der Waals surface area contributed by atoms with Gasteiger partial charge in [0, 0.05) is 6.04 Å². The van der Waals surface area contributed by atoms with Crippen molar-refractivity contribution in [2.45, 2.75) is 65.8 Å². The number of nitrogens with one attached hydrogen (secondary N) is 1. The monoisotopic (exact) mass is 261 g/mol. The quantitative estimate of drug-likeness (QED) is 0.641. The zero-order chi connectivity index (χ0) is 14.1. The average Bonchev–Trinajstić information content (AvgIpc) is 2.37. The van der Waals surface area contributed by atoms with Crippen LogP contribution in [0, 0.1) is 5.92 Å². The zero-order valence-corrected chi connectivity index (χ0v) is 13.2. The predicted octanol–water partition coefficient (Wildman–Crippen LogP) is 4.60. The average molecular weight is 261 g/mol. The van der Waals surface area contributed by atoms with Gasteiger partial charge in [-0.3, -0.25) is 0 Å². The van der Waals surface area contributed by atoms with Crippen LogP contribution in [0.2, 0.25) is 0 Å². The van der Waals surface area contributed by atoms with Gasteiger partial charge in [0.25, 0.3) is 0 Å². The van der Waals surface area contributed by atoms with E-state index in [-0.39, 0.29) is 0 Å². The van der Waals surface area contributed by atoms with Crippen molar-refractivity contribution < 1.29 is 0 Å². The van der Waals surface area contributed by atoms with Crippen molar-refractivity contribution in [1.82, 2.24) is 5.32 Å². The van der Waals surface area contributed by atoms with E-state index in [1.807, 2.05) is 0 Å². The summed E-state index contributed by atoms with van der Waals surface area (Å²) >= 11 is 0. The van der Waals surface area contributed by atoms with Gasteiger partial charge in [0.05, 0.1) is 0 Å². The van der Waals surface area contributed by atoms with Crippen LogP contribution in [0.3, 0.4) is 0 Å². The molecule has 0 amide bonds. The summed E-state index contributed by atoms with van der Waals surface area (Å²) in [5.41, 5.74) is 2.97. The van der Waals surface area contributed by atoms with Gasteiger partial charge in [-0.1, -0.05) is 52.0 Å². The van der Waals surface area contributed by atoms with Gasteiger partial charge in [-0.15, -0.1) is 0 Å². The maximum atomic E-state index is 3.47. The normalized spacial score (nSPS) is 11.5. The minimum absolute atomic E-state index is 0.611. The Hall–Kier alpha value is -0.820. The number of benzene rings is 1. The van der Waals surface area contributed by atoms with Crippen LogP contribution in [0.5, 0.6) is 0 Å². The van der Waals surface area contributed by atoms with Gasteiger partial charge in [-0.05, 0) is 55.7 Å². The summed E-state index contributed by atoms with van der Waals surface area (Å²) < 4.78 is 0. The van der Waals surface area contributed by atoms with E-state index >= 15 is 0 Å². The summed E-state index contributed by atoms with van der Waals surface area (Å²) in [5, 5.41) is 3.47. The standard InChI is InChI=1S/C18H31N/c1-15(2)8-9-18-12-10-17(11-13-18)7-5-6-14-19-16(3)4/h10-13,15-16,19H,5-9,14H2,1-4H3. The number of hydrogen-bond donors (Lipinski definition) is 1. The van der Waals surface area contributed by atoms with Gasteiger partial charge in [0.15, 0.2) is 0 Å². The van der Waals surface area contributed by atoms with E-state index in [2.05, 4.69) is 57.3 Å². The summed E-state index contributed by atoms with van der Waals surface area (Å²) in [4.78, 5) is 0. The second-order valence-corrected chi connectivity index (χ2v) is 6.31. The summed E-state index contributed by atoms with van der Waals surface area (Å²) in [5.74, 6) is 0.799. The molecule has 0 fully saturated rings. The fourth-order valence-electron chi connectivity index (χ4n) is 2.17. The Labute approximate surface area is 119 Å². The molecule has 1 nitrogen and oxygen atoms in total. The van der Waals surface area contributed by atoms with E-state index in [4.69, 9.17) is 0 Å². The molecule has 0 atom stereocenters. The van der Waals surface area contributed by atoms with Crippen LogP contribution in [-0.2, 0) is 12.8 Å². The fourth-order valence-corrected chi connectivity index (χ4v) is 2.17. The zero-order valence-electron chi connectivity index (χ0n) is 13.2. The van der Waals surface area contributed by atoms with Gasteiger partial charge in [0.1, 0.15) is 0 Å². The first-order valence-electron chi connectivity index (χ1n) is 7.89. The van der Waals surface area contributed by atoms with Crippen LogP contribution >= 0.6 is 0 Å². The lowest BCUT2D eigenvalue weighted by molar-refractivity contribution is 0.557. The molecule has 1 aromatic rings. The fraction of sp³-hybridized carbons (Fsp3) is 0.667. The molecular formula is C18H31N. The molecule has 19 heavy (non-hydrogen) atoms. The Morgan fingerprint density at radius 1 is 0.842 bits per heavy atom. The molecule has 1 aromatic carbocycles. The van der Waals surface area contributed by atoms with Gasteiger partial charge in [-0.2, -0.15) is 0 Å². The number of aryl methyl sites for hydroxylation is 2. The van der Waals surface area contributed by atoms with Crippen molar-refractivity contribution in [3.8, 4) is 0 Å². The molecule has 1 N–H and O–H groups in total. The first-order valence-corrected chi connectivity index (χ1v) is 7.89. The van der Waals surface area contributed by atoms with E-state index in [9.17, 15) is 0 Å². The predicted molar refractivity (Wildman–Crippen MR) is 85.7 cm³/mol. The van der Waals surface area contributed by atoms with Crippen molar-refractivity contribution in [2.24, 2.45) is 5.92 Å². The lowest BCUT2D eigenvalue weighted by Crippen LogP contribution is -2.23. The molecule has 0 aliphatic rings. The summed E-state index contributed by atoms with van der Waals surface area (Å²) in [6.45, 7) is 10.1.